The van der Waals surface area contributed by atoms with Gasteiger partial charge in [0.15, 0.2) is 0 Å². The van der Waals surface area contributed by atoms with Gasteiger partial charge in [-0.15, -0.1) is 11.3 Å². The molecule has 2 aromatic rings. The van der Waals surface area contributed by atoms with Gasteiger partial charge in [0.1, 0.15) is 0 Å². The quantitative estimate of drug-likeness (QED) is 0.415. The Bertz CT molecular complexity index is 389. The van der Waals surface area contributed by atoms with E-state index in [4.69, 9.17) is 5.84 Å². The summed E-state index contributed by atoms with van der Waals surface area (Å²) < 4.78 is 1.14. The summed E-state index contributed by atoms with van der Waals surface area (Å²) in [4.78, 5) is 11.7. The van der Waals surface area contributed by atoms with E-state index in [1.165, 1.54) is 11.3 Å². The predicted molar refractivity (Wildman–Crippen MR) is 51.4 cm³/mol. The fourth-order valence-corrected chi connectivity index (χ4v) is 2.87. The first-order valence-electron chi connectivity index (χ1n) is 3.28. The molecule has 0 saturated carbocycles. The highest BCUT2D eigenvalue weighted by molar-refractivity contribution is 7.24. The molecule has 0 aliphatic heterocycles. The normalized spacial score (nSPS) is 10.4. The van der Waals surface area contributed by atoms with Gasteiger partial charge in [0.25, 0.3) is 5.91 Å². The van der Waals surface area contributed by atoms with Gasteiger partial charge in [-0.1, -0.05) is 0 Å². The number of nitrogens with two attached hydrogens (primary N) is 1. The molecule has 3 N–H and O–H groups in total. The lowest BCUT2D eigenvalue weighted by Crippen LogP contribution is -2.29. The van der Waals surface area contributed by atoms with Crippen molar-refractivity contribution in [3.05, 3.63) is 21.7 Å². The molecule has 3 nitrogen and oxygen atoms in total. The maximum absolute atomic E-state index is 11.1. The van der Waals surface area contributed by atoms with Crippen molar-refractivity contribution in [2.45, 2.75) is 0 Å². The molecule has 0 aliphatic carbocycles. The van der Waals surface area contributed by atoms with Gasteiger partial charge >= 0.3 is 0 Å². The lowest BCUT2D eigenvalue weighted by atomic mass is 10.3. The van der Waals surface area contributed by atoms with E-state index in [-0.39, 0.29) is 5.91 Å². The number of thiophene rings is 2. The van der Waals surface area contributed by atoms with Crippen LogP contribution < -0.4 is 11.3 Å². The summed E-state index contributed by atoms with van der Waals surface area (Å²) in [6.07, 6.45) is 0. The standard InChI is InChI=1S/C7H6N2OS2/c8-9-7(10)5-1-4-2-11-3-6(4)12-5/h1-3H,8H2,(H,9,10). The lowest BCUT2D eigenvalue weighted by Gasteiger charge is -1.91. The van der Waals surface area contributed by atoms with Gasteiger partial charge < -0.3 is 0 Å². The van der Waals surface area contributed by atoms with Gasteiger partial charge in [0.2, 0.25) is 0 Å². The third kappa shape index (κ3) is 1.12. The first-order chi connectivity index (χ1) is 5.81. The van der Waals surface area contributed by atoms with Crippen LogP contribution in [-0.2, 0) is 0 Å². The minimum absolute atomic E-state index is 0.221. The van der Waals surface area contributed by atoms with Crippen molar-refractivity contribution in [1.82, 2.24) is 5.43 Å². The molecule has 0 unspecified atom stereocenters. The summed E-state index contributed by atoms with van der Waals surface area (Å²) in [5, 5.41) is 5.15. The van der Waals surface area contributed by atoms with Crippen molar-refractivity contribution in [2.75, 3.05) is 0 Å². The number of hydrazine groups is 1. The van der Waals surface area contributed by atoms with Crippen LogP contribution in [0.2, 0.25) is 0 Å². The van der Waals surface area contributed by atoms with Crippen molar-refractivity contribution in [2.24, 2.45) is 5.84 Å². The van der Waals surface area contributed by atoms with Crippen LogP contribution in [0.4, 0.5) is 0 Å². The van der Waals surface area contributed by atoms with Gasteiger partial charge in [0.05, 0.1) is 4.88 Å². The molecule has 0 bridgehead atoms. The largest absolute Gasteiger partial charge is 0.289 e. The molecule has 0 spiro atoms. The Balaban J connectivity index is 2.51. The smallest absolute Gasteiger partial charge is 0.275 e. The van der Waals surface area contributed by atoms with E-state index < -0.39 is 0 Å². The highest BCUT2D eigenvalue weighted by atomic mass is 32.1. The number of fused-ring (bicyclic) bond motifs is 1. The zero-order valence-electron chi connectivity index (χ0n) is 6.03. The Morgan fingerprint density at radius 2 is 2.33 bits per heavy atom. The fraction of sp³-hybridized carbons (Fsp3) is 0. The number of hydrogen-bond donors (Lipinski definition) is 2. The summed E-state index contributed by atoms with van der Waals surface area (Å²) in [7, 11) is 0. The van der Waals surface area contributed by atoms with Crippen LogP contribution in [0.5, 0.6) is 0 Å². The van der Waals surface area contributed by atoms with Crippen molar-refractivity contribution in [3.63, 3.8) is 0 Å². The van der Waals surface area contributed by atoms with E-state index in [1.807, 2.05) is 16.8 Å². The maximum atomic E-state index is 11.1. The second-order valence-corrected chi connectivity index (χ2v) is 4.10. The van der Waals surface area contributed by atoms with Crippen LogP contribution in [-0.4, -0.2) is 5.91 Å². The minimum atomic E-state index is -0.221. The molecule has 12 heavy (non-hydrogen) atoms. The first-order valence-corrected chi connectivity index (χ1v) is 5.04. The summed E-state index contributed by atoms with van der Waals surface area (Å²) >= 11 is 3.09. The Morgan fingerprint density at radius 1 is 1.50 bits per heavy atom. The number of nitrogens with one attached hydrogen (secondary N) is 1. The van der Waals surface area contributed by atoms with Crippen LogP contribution in [0.25, 0.3) is 10.1 Å². The summed E-state index contributed by atoms with van der Waals surface area (Å²) in [5.41, 5.74) is 2.11. The molecular formula is C7H6N2OS2. The monoisotopic (exact) mass is 198 g/mol. The third-order valence-electron chi connectivity index (χ3n) is 1.52. The minimum Gasteiger partial charge on any atom is -0.289 e. The third-order valence-corrected chi connectivity index (χ3v) is 3.52. The average molecular weight is 198 g/mol. The number of hydrogen-bond acceptors (Lipinski definition) is 4. The molecule has 0 aliphatic rings. The Labute approximate surface area is 76.8 Å². The van der Waals surface area contributed by atoms with Crippen LogP contribution in [0.3, 0.4) is 0 Å². The first kappa shape index (κ1) is 7.72. The number of carbonyl (C=O) groups is 1. The molecule has 2 rings (SSSR count). The highest BCUT2D eigenvalue weighted by Gasteiger charge is 2.08. The van der Waals surface area contributed by atoms with Gasteiger partial charge in [0, 0.05) is 15.5 Å². The topological polar surface area (TPSA) is 55.1 Å². The van der Waals surface area contributed by atoms with Crippen molar-refractivity contribution in [1.29, 1.82) is 0 Å². The summed E-state index contributed by atoms with van der Waals surface area (Å²) in [5.74, 6) is 4.78. The molecule has 0 atom stereocenters. The van der Waals surface area contributed by atoms with Crippen LogP contribution >= 0.6 is 22.7 Å². The number of rotatable bonds is 1. The Kier molecular flexibility index (Phi) is 1.84. The summed E-state index contributed by atoms with van der Waals surface area (Å²) in [6, 6.07) is 1.85. The average Bonchev–Trinajstić information content (AvgIpc) is 2.60. The fourth-order valence-electron chi connectivity index (χ4n) is 0.956. The molecule has 5 heteroatoms. The van der Waals surface area contributed by atoms with Crippen LogP contribution in [0, 0.1) is 0 Å². The summed E-state index contributed by atoms with van der Waals surface area (Å²) in [6.45, 7) is 0. The van der Waals surface area contributed by atoms with Crippen molar-refractivity contribution in [3.8, 4) is 0 Å². The Morgan fingerprint density at radius 3 is 3.00 bits per heavy atom. The van der Waals surface area contributed by atoms with E-state index in [2.05, 4.69) is 5.43 Å². The second kappa shape index (κ2) is 2.85. The molecule has 62 valence electrons. The molecule has 0 aromatic carbocycles. The maximum Gasteiger partial charge on any atom is 0.275 e. The van der Waals surface area contributed by atoms with Crippen LogP contribution in [0.15, 0.2) is 16.8 Å². The van der Waals surface area contributed by atoms with E-state index in [1.54, 1.807) is 11.3 Å². The van der Waals surface area contributed by atoms with Gasteiger partial charge in [-0.3, -0.25) is 10.2 Å². The zero-order valence-corrected chi connectivity index (χ0v) is 7.67. The number of carbonyl (C=O) groups excluding carboxylic acids is 1. The number of nitrogen functional groups attached to an aromatic ring is 1. The zero-order chi connectivity index (χ0) is 8.55. The predicted octanol–water partition coefficient (Wildman–Crippen LogP) is 1.57. The molecule has 0 radical (unpaired) electrons. The molecule has 0 fully saturated rings. The van der Waals surface area contributed by atoms with Gasteiger partial charge in [-0.05, 0) is 11.4 Å². The molecule has 2 aromatic heterocycles. The number of amides is 1. The van der Waals surface area contributed by atoms with Crippen molar-refractivity contribution >= 4 is 38.7 Å². The van der Waals surface area contributed by atoms with Crippen molar-refractivity contribution < 1.29 is 4.79 Å². The Hall–Kier alpha value is -0.910. The van der Waals surface area contributed by atoms with Crippen LogP contribution in [0.1, 0.15) is 9.67 Å². The lowest BCUT2D eigenvalue weighted by molar-refractivity contribution is 0.0958. The second-order valence-electron chi connectivity index (χ2n) is 2.28. The van der Waals surface area contributed by atoms with Gasteiger partial charge in [-0.25, -0.2) is 5.84 Å². The SMILES string of the molecule is NNC(=O)c1cc2cscc2s1. The molecular weight excluding hydrogens is 192 g/mol. The highest BCUT2D eigenvalue weighted by Crippen LogP contribution is 2.28. The molecule has 1 amide bonds. The van der Waals surface area contributed by atoms with Gasteiger partial charge in [-0.2, -0.15) is 11.3 Å². The molecule has 0 saturated heterocycles. The van der Waals surface area contributed by atoms with E-state index in [9.17, 15) is 4.79 Å². The van der Waals surface area contributed by atoms with E-state index in [0.29, 0.717) is 4.88 Å². The van der Waals surface area contributed by atoms with E-state index in [0.717, 1.165) is 10.1 Å². The molecule has 2 heterocycles. The van der Waals surface area contributed by atoms with E-state index >= 15 is 0 Å².